The number of amides is 1. The summed E-state index contributed by atoms with van der Waals surface area (Å²) in [5.41, 5.74) is 2.55. The van der Waals surface area contributed by atoms with E-state index in [0.29, 0.717) is 34.3 Å². The molecule has 1 amide bonds. The fourth-order valence-corrected chi connectivity index (χ4v) is 3.29. The van der Waals surface area contributed by atoms with Gasteiger partial charge in [0.15, 0.2) is 0 Å². The smallest absolute Gasteiger partial charge is 0.280 e. The van der Waals surface area contributed by atoms with Crippen LogP contribution in [-0.4, -0.2) is 15.9 Å². The molecular weight excluding hydrogens is 424 g/mol. The average Bonchev–Trinajstić information content (AvgIpc) is 3.49. The molecule has 8 nitrogen and oxygen atoms in total. The Balaban J connectivity index is 1.48. The van der Waals surface area contributed by atoms with Gasteiger partial charge in [-0.2, -0.15) is 0 Å². The highest BCUT2D eigenvalue weighted by molar-refractivity contribution is 6.02. The second kappa shape index (κ2) is 9.37. The van der Waals surface area contributed by atoms with E-state index >= 15 is 0 Å². The number of aliphatic hydroxyl groups is 1. The summed E-state index contributed by atoms with van der Waals surface area (Å²) in [5, 5.41) is 23.2. The third-order valence-corrected chi connectivity index (χ3v) is 4.99. The maximum absolute atomic E-state index is 12.5. The first kappa shape index (κ1) is 21.8. The second-order valence-electron chi connectivity index (χ2n) is 7.25. The summed E-state index contributed by atoms with van der Waals surface area (Å²) in [6, 6.07) is 18.5. The summed E-state index contributed by atoms with van der Waals surface area (Å²) in [5.74, 6) is 1.40. The Hall–Kier alpha value is -4.43. The van der Waals surface area contributed by atoms with E-state index in [4.69, 9.17) is 8.83 Å². The monoisotopic (exact) mass is 444 g/mol. The summed E-state index contributed by atoms with van der Waals surface area (Å²) in [6.07, 6.45) is 2.82. The maximum atomic E-state index is 12.5. The molecule has 8 heteroatoms. The van der Waals surface area contributed by atoms with E-state index in [1.165, 1.54) is 18.2 Å². The second-order valence-corrected chi connectivity index (χ2v) is 7.25. The maximum Gasteiger partial charge on any atom is 0.280 e. The van der Waals surface area contributed by atoms with Crippen LogP contribution in [0.25, 0.3) is 28.7 Å². The Bertz CT molecular complexity index is 1350. The van der Waals surface area contributed by atoms with E-state index < -0.39 is 4.92 Å². The molecule has 0 atom stereocenters. The van der Waals surface area contributed by atoms with Crippen molar-refractivity contribution in [3.05, 3.63) is 100 Å². The highest BCUT2D eigenvalue weighted by Crippen LogP contribution is 2.31. The van der Waals surface area contributed by atoms with Gasteiger partial charge >= 0.3 is 0 Å². The molecule has 166 valence electrons. The number of para-hydroxylation sites is 1. The van der Waals surface area contributed by atoms with Gasteiger partial charge in [0.05, 0.1) is 10.5 Å². The number of hydrogen-bond donors (Lipinski definition) is 2. The van der Waals surface area contributed by atoms with Crippen LogP contribution in [0.1, 0.15) is 17.1 Å². The minimum absolute atomic E-state index is 0.0573. The minimum atomic E-state index is -0.468. The van der Waals surface area contributed by atoms with Crippen LogP contribution < -0.4 is 5.32 Å². The van der Waals surface area contributed by atoms with Crippen LogP contribution in [0.15, 0.2) is 81.6 Å². The number of anilines is 1. The SMILES string of the molecule is Cc1ccc(-c2ccc(CO)o2)cc1NC(=O)/C=C/c1ccc(-c2ccccc2[N+](=O)[O-])o1. The predicted octanol–water partition coefficient (Wildman–Crippen LogP) is 5.57. The van der Waals surface area contributed by atoms with Crippen molar-refractivity contribution in [1.29, 1.82) is 0 Å². The van der Waals surface area contributed by atoms with Crippen LogP contribution in [0.4, 0.5) is 11.4 Å². The van der Waals surface area contributed by atoms with E-state index in [2.05, 4.69) is 5.32 Å². The highest BCUT2D eigenvalue weighted by atomic mass is 16.6. The lowest BCUT2D eigenvalue weighted by Gasteiger charge is -2.08. The molecule has 0 radical (unpaired) electrons. The first-order valence-corrected chi connectivity index (χ1v) is 10.1. The third kappa shape index (κ3) is 4.91. The van der Waals surface area contributed by atoms with E-state index in [9.17, 15) is 20.0 Å². The topological polar surface area (TPSA) is 119 Å². The average molecular weight is 444 g/mol. The van der Waals surface area contributed by atoms with Crippen LogP contribution in [0, 0.1) is 17.0 Å². The largest absolute Gasteiger partial charge is 0.459 e. The molecule has 0 saturated heterocycles. The van der Waals surface area contributed by atoms with Crippen molar-refractivity contribution in [3.8, 4) is 22.6 Å². The third-order valence-electron chi connectivity index (χ3n) is 4.99. The summed E-state index contributed by atoms with van der Waals surface area (Å²) in [7, 11) is 0. The van der Waals surface area contributed by atoms with Crippen LogP contribution in [0.2, 0.25) is 0 Å². The summed E-state index contributed by atoms with van der Waals surface area (Å²) in [6.45, 7) is 1.68. The van der Waals surface area contributed by atoms with Gasteiger partial charge in [0.2, 0.25) is 5.91 Å². The molecular formula is C25H20N2O6. The molecule has 2 aromatic heterocycles. The van der Waals surface area contributed by atoms with E-state index in [0.717, 1.165) is 11.1 Å². The zero-order valence-corrected chi connectivity index (χ0v) is 17.6. The summed E-state index contributed by atoms with van der Waals surface area (Å²) < 4.78 is 11.2. The van der Waals surface area contributed by atoms with Crippen LogP contribution in [0.5, 0.6) is 0 Å². The lowest BCUT2D eigenvalue weighted by molar-refractivity contribution is -0.384. The van der Waals surface area contributed by atoms with Crippen molar-refractivity contribution in [3.63, 3.8) is 0 Å². The van der Waals surface area contributed by atoms with Gasteiger partial charge in [-0.05, 0) is 55.0 Å². The van der Waals surface area contributed by atoms with Crippen molar-refractivity contribution in [2.45, 2.75) is 13.5 Å². The first-order chi connectivity index (χ1) is 15.9. The van der Waals surface area contributed by atoms with Crippen LogP contribution >= 0.6 is 0 Å². The molecule has 2 aromatic carbocycles. The van der Waals surface area contributed by atoms with E-state index in [-0.39, 0.29) is 18.2 Å². The van der Waals surface area contributed by atoms with Gasteiger partial charge in [0, 0.05) is 23.4 Å². The van der Waals surface area contributed by atoms with E-state index in [1.54, 1.807) is 48.5 Å². The molecule has 0 unspecified atom stereocenters. The quantitative estimate of drug-likeness (QED) is 0.219. The molecule has 2 heterocycles. The van der Waals surface area contributed by atoms with Crippen molar-refractivity contribution in [1.82, 2.24) is 0 Å². The number of nitro benzene ring substituents is 1. The molecule has 33 heavy (non-hydrogen) atoms. The molecule has 0 saturated carbocycles. The summed E-state index contributed by atoms with van der Waals surface area (Å²) in [4.78, 5) is 23.2. The minimum Gasteiger partial charge on any atom is -0.459 e. The number of hydrogen-bond acceptors (Lipinski definition) is 6. The van der Waals surface area contributed by atoms with Gasteiger partial charge in [0.25, 0.3) is 5.69 Å². The summed E-state index contributed by atoms with van der Waals surface area (Å²) >= 11 is 0. The number of benzene rings is 2. The van der Waals surface area contributed by atoms with Gasteiger partial charge in [-0.3, -0.25) is 14.9 Å². The van der Waals surface area contributed by atoms with Crippen molar-refractivity contribution < 1.29 is 23.7 Å². The van der Waals surface area contributed by atoms with Crippen LogP contribution in [0.3, 0.4) is 0 Å². The molecule has 4 aromatic rings. The van der Waals surface area contributed by atoms with Gasteiger partial charge in [0.1, 0.15) is 29.6 Å². The molecule has 0 aliphatic carbocycles. The van der Waals surface area contributed by atoms with Gasteiger partial charge in [-0.15, -0.1) is 0 Å². The fourth-order valence-electron chi connectivity index (χ4n) is 3.29. The van der Waals surface area contributed by atoms with Gasteiger partial charge in [-0.25, -0.2) is 0 Å². The number of nitrogens with zero attached hydrogens (tertiary/aromatic N) is 1. The van der Waals surface area contributed by atoms with E-state index in [1.807, 2.05) is 19.1 Å². The Kier molecular flexibility index (Phi) is 6.19. The number of nitrogens with one attached hydrogen (secondary N) is 1. The van der Waals surface area contributed by atoms with Crippen molar-refractivity contribution in [2.24, 2.45) is 0 Å². The molecule has 0 bridgehead atoms. The number of furan rings is 2. The highest BCUT2D eigenvalue weighted by Gasteiger charge is 2.16. The van der Waals surface area contributed by atoms with Crippen LogP contribution in [-0.2, 0) is 11.4 Å². The van der Waals surface area contributed by atoms with Gasteiger partial charge in [-0.1, -0.05) is 24.3 Å². The number of rotatable bonds is 7. The standard InChI is InChI=1S/C25H20N2O6/c1-16-6-7-17(23-11-9-19(15-28)33-23)14-21(16)26-25(29)13-10-18-8-12-24(32-18)20-4-2-3-5-22(20)27(30)31/h2-14,28H,15H2,1H3,(H,26,29)/b13-10+. The zero-order valence-electron chi connectivity index (χ0n) is 17.6. The molecule has 0 spiro atoms. The Labute approximate surface area is 188 Å². The predicted molar refractivity (Wildman–Crippen MR) is 123 cm³/mol. The van der Waals surface area contributed by atoms with Crippen molar-refractivity contribution >= 4 is 23.4 Å². The normalized spacial score (nSPS) is 11.1. The lowest BCUT2D eigenvalue weighted by atomic mass is 10.1. The molecule has 0 fully saturated rings. The number of aliphatic hydroxyl groups excluding tert-OH is 1. The zero-order chi connectivity index (χ0) is 23.4. The Morgan fingerprint density at radius 3 is 2.61 bits per heavy atom. The van der Waals surface area contributed by atoms with Gasteiger partial charge < -0.3 is 19.3 Å². The molecule has 0 aliphatic heterocycles. The molecule has 4 rings (SSSR count). The fraction of sp³-hybridized carbons (Fsp3) is 0.0800. The van der Waals surface area contributed by atoms with Crippen molar-refractivity contribution in [2.75, 3.05) is 5.32 Å². The number of aryl methyl sites for hydroxylation is 1. The first-order valence-electron chi connectivity index (χ1n) is 10.1. The number of carbonyl (C=O) groups is 1. The number of nitro groups is 1. The Morgan fingerprint density at radius 2 is 1.85 bits per heavy atom. The molecule has 2 N–H and O–H groups in total. The molecule has 0 aliphatic rings. The number of carbonyl (C=O) groups excluding carboxylic acids is 1. The Morgan fingerprint density at radius 1 is 1.06 bits per heavy atom. The lowest BCUT2D eigenvalue weighted by Crippen LogP contribution is -2.09.